The van der Waals surface area contributed by atoms with Gasteiger partial charge in [-0.3, -0.25) is 0 Å². The second-order valence-corrected chi connectivity index (χ2v) is 4.80. The Morgan fingerprint density at radius 1 is 1.33 bits per heavy atom. The van der Waals surface area contributed by atoms with Crippen LogP contribution in [0.4, 0.5) is 22.0 Å². The topological polar surface area (TPSA) is 77.2 Å². The molecule has 0 fully saturated rings. The summed E-state index contributed by atoms with van der Waals surface area (Å²) in [6.45, 7) is 3.18. The maximum absolute atomic E-state index is 13.4. The van der Waals surface area contributed by atoms with E-state index in [1.54, 1.807) is 6.07 Å². The fourth-order valence-electron chi connectivity index (χ4n) is 2.30. The maximum Gasteiger partial charge on any atom is 0.323 e. The number of benzene rings is 1. The normalized spacial score (nSPS) is 13.3. The van der Waals surface area contributed by atoms with Gasteiger partial charge in [0.1, 0.15) is 5.82 Å². The number of nitrogen functional groups attached to an aromatic ring is 1. The summed E-state index contributed by atoms with van der Waals surface area (Å²) >= 11 is 0. The van der Waals surface area contributed by atoms with Crippen molar-refractivity contribution in [2.24, 2.45) is 0 Å². The molecule has 1 aromatic heterocycles. The van der Waals surface area contributed by atoms with E-state index < -0.39 is 0 Å². The Balaban J connectivity index is 1.95. The molecule has 0 saturated carbocycles. The number of nitrogens with two attached hydrogens (primary N) is 1. The van der Waals surface area contributed by atoms with Gasteiger partial charge in [-0.2, -0.15) is 15.0 Å². The Hall–Kier alpha value is -2.44. The number of fused-ring (bicyclic) bond motifs is 1. The van der Waals surface area contributed by atoms with Crippen LogP contribution in [-0.4, -0.2) is 28.1 Å². The molecule has 1 aliphatic heterocycles. The molecule has 2 N–H and O–H groups in total. The number of hydrogen-bond donors (Lipinski definition) is 1. The van der Waals surface area contributed by atoms with Crippen LogP contribution in [0.15, 0.2) is 18.2 Å². The molecule has 0 spiro atoms. The lowest BCUT2D eigenvalue weighted by atomic mass is 10.2. The highest BCUT2D eigenvalue weighted by Gasteiger charge is 2.24. The molecule has 0 saturated heterocycles. The van der Waals surface area contributed by atoms with Gasteiger partial charge in [0, 0.05) is 6.54 Å². The minimum atomic E-state index is -0.287. The SMILES string of the molecule is CCCOc1nc(N)nc(N2CCc3ccc(F)cc32)n1. The maximum atomic E-state index is 13.4. The van der Waals surface area contributed by atoms with Crippen LogP contribution >= 0.6 is 0 Å². The van der Waals surface area contributed by atoms with Crippen LogP contribution in [0.3, 0.4) is 0 Å². The minimum Gasteiger partial charge on any atom is -0.463 e. The second kappa shape index (κ2) is 5.51. The van der Waals surface area contributed by atoms with Gasteiger partial charge in [0.15, 0.2) is 0 Å². The van der Waals surface area contributed by atoms with E-state index >= 15 is 0 Å². The van der Waals surface area contributed by atoms with Crippen molar-refractivity contribution in [3.05, 3.63) is 29.6 Å². The minimum absolute atomic E-state index is 0.0935. The smallest absolute Gasteiger partial charge is 0.323 e. The number of nitrogens with zero attached hydrogens (tertiary/aromatic N) is 4. The summed E-state index contributed by atoms with van der Waals surface area (Å²) in [6, 6.07) is 4.92. The van der Waals surface area contributed by atoms with Crippen molar-refractivity contribution in [1.82, 2.24) is 15.0 Å². The second-order valence-electron chi connectivity index (χ2n) is 4.80. The van der Waals surface area contributed by atoms with Gasteiger partial charge in [0.05, 0.1) is 12.3 Å². The molecular weight excluding hydrogens is 273 g/mol. The van der Waals surface area contributed by atoms with Gasteiger partial charge >= 0.3 is 6.01 Å². The Morgan fingerprint density at radius 2 is 2.19 bits per heavy atom. The molecule has 0 aliphatic carbocycles. The van der Waals surface area contributed by atoms with Crippen molar-refractivity contribution in [2.75, 3.05) is 23.8 Å². The van der Waals surface area contributed by atoms with Crippen molar-refractivity contribution >= 4 is 17.6 Å². The number of rotatable bonds is 4. The summed E-state index contributed by atoms with van der Waals surface area (Å²) in [6.07, 6.45) is 1.66. The number of halogens is 1. The number of ether oxygens (including phenoxy) is 1. The van der Waals surface area contributed by atoms with Gasteiger partial charge in [-0.05, 0) is 30.5 Å². The highest BCUT2D eigenvalue weighted by molar-refractivity contribution is 5.66. The molecule has 21 heavy (non-hydrogen) atoms. The average molecular weight is 289 g/mol. The zero-order valence-electron chi connectivity index (χ0n) is 11.7. The molecule has 2 aromatic rings. The van der Waals surface area contributed by atoms with Crippen LogP contribution in [0.2, 0.25) is 0 Å². The van der Waals surface area contributed by atoms with Gasteiger partial charge in [-0.1, -0.05) is 13.0 Å². The average Bonchev–Trinajstić information content (AvgIpc) is 2.87. The fourth-order valence-corrected chi connectivity index (χ4v) is 2.30. The summed E-state index contributed by atoms with van der Waals surface area (Å²) in [5.74, 6) is 0.194. The first-order chi connectivity index (χ1) is 10.2. The lowest BCUT2D eigenvalue weighted by Gasteiger charge is -2.17. The third kappa shape index (κ3) is 2.72. The molecule has 7 heteroatoms. The van der Waals surface area contributed by atoms with Gasteiger partial charge < -0.3 is 15.4 Å². The summed E-state index contributed by atoms with van der Waals surface area (Å²) in [7, 11) is 0. The molecule has 0 bridgehead atoms. The standard InChI is InChI=1S/C14H16FN5O/c1-2-7-21-14-18-12(16)17-13(19-14)20-6-5-9-3-4-10(15)8-11(9)20/h3-4,8H,2,5-7H2,1H3,(H2,16,17,18,19). The Labute approximate surface area is 121 Å². The predicted molar refractivity (Wildman–Crippen MR) is 77.1 cm³/mol. The first kappa shape index (κ1) is 13.5. The van der Waals surface area contributed by atoms with E-state index in [1.807, 2.05) is 11.8 Å². The van der Waals surface area contributed by atoms with Gasteiger partial charge in [0.25, 0.3) is 0 Å². The van der Waals surface area contributed by atoms with Crippen LogP contribution in [0, 0.1) is 5.82 Å². The summed E-state index contributed by atoms with van der Waals surface area (Å²) in [4.78, 5) is 14.2. The molecule has 3 rings (SSSR count). The van der Waals surface area contributed by atoms with E-state index in [9.17, 15) is 4.39 Å². The van der Waals surface area contributed by atoms with Crippen molar-refractivity contribution in [3.63, 3.8) is 0 Å². The van der Waals surface area contributed by atoms with E-state index in [0.29, 0.717) is 19.1 Å². The highest BCUT2D eigenvalue weighted by Crippen LogP contribution is 2.33. The van der Waals surface area contributed by atoms with E-state index in [4.69, 9.17) is 10.5 Å². The third-order valence-corrected chi connectivity index (χ3v) is 3.24. The zero-order valence-corrected chi connectivity index (χ0v) is 11.7. The number of hydrogen-bond acceptors (Lipinski definition) is 6. The lowest BCUT2D eigenvalue weighted by Crippen LogP contribution is -2.18. The van der Waals surface area contributed by atoms with Crippen molar-refractivity contribution < 1.29 is 9.13 Å². The Kier molecular flexibility index (Phi) is 3.55. The monoisotopic (exact) mass is 289 g/mol. The van der Waals surface area contributed by atoms with Crippen LogP contribution in [0.25, 0.3) is 0 Å². The molecule has 2 heterocycles. The molecular formula is C14H16FN5O. The fraction of sp³-hybridized carbons (Fsp3) is 0.357. The third-order valence-electron chi connectivity index (χ3n) is 3.24. The summed E-state index contributed by atoms with van der Waals surface area (Å²) in [5, 5.41) is 0. The van der Waals surface area contributed by atoms with Crippen LogP contribution in [0.1, 0.15) is 18.9 Å². The molecule has 110 valence electrons. The molecule has 6 nitrogen and oxygen atoms in total. The Morgan fingerprint density at radius 3 is 3.00 bits per heavy atom. The van der Waals surface area contributed by atoms with E-state index in [-0.39, 0.29) is 17.8 Å². The first-order valence-electron chi connectivity index (χ1n) is 6.87. The quantitative estimate of drug-likeness (QED) is 0.928. The highest BCUT2D eigenvalue weighted by atomic mass is 19.1. The van der Waals surface area contributed by atoms with Gasteiger partial charge in [-0.15, -0.1) is 0 Å². The molecule has 0 radical (unpaired) electrons. The van der Waals surface area contributed by atoms with E-state index in [2.05, 4.69) is 15.0 Å². The van der Waals surface area contributed by atoms with Crippen molar-refractivity contribution in [3.8, 4) is 6.01 Å². The molecule has 1 aromatic carbocycles. The van der Waals surface area contributed by atoms with Crippen LogP contribution < -0.4 is 15.4 Å². The first-order valence-corrected chi connectivity index (χ1v) is 6.87. The molecule has 1 aliphatic rings. The molecule has 0 unspecified atom stereocenters. The summed E-state index contributed by atoms with van der Waals surface area (Å²) in [5.41, 5.74) is 7.53. The predicted octanol–water partition coefficient (Wildman–Crippen LogP) is 2.08. The summed E-state index contributed by atoms with van der Waals surface area (Å²) < 4.78 is 18.9. The van der Waals surface area contributed by atoms with E-state index in [1.165, 1.54) is 12.1 Å². The number of anilines is 3. The lowest BCUT2D eigenvalue weighted by molar-refractivity contribution is 0.292. The van der Waals surface area contributed by atoms with Gasteiger partial charge in [0.2, 0.25) is 11.9 Å². The molecule has 0 amide bonds. The zero-order chi connectivity index (χ0) is 14.8. The number of aromatic nitrogens is 3. The Bertz CT molecular complexity index is 664. The van der Waals surface area contributed by atoms with E-state index in [0.717, 1.165) is 24.1 Å². The van der Waals surface area contributed by atoms with Gasteiger partial charge in [-0.25, -0.2) is 4.39 Å². The largest absolute Gasteiger partial charge is 0.463 e. The van der Waals surface area contributed by atoms with Crippen LogP contribution in [0.5, 0.6) is 6.01 Å². The van der Waals surface area contributed by atoms with Crippen LogP contribution in [-0.2, 0) is 6.42 Å². The van der Waals surface area contributed by atoms with Crippen molar-refractivity contribution in [1.29, 1.82) is 0 Å². The molecule has 0 atom stereocenters. The van der Waals surface area contributed by atoms with Crippen molar-refractivity contribution in [2.45, 2.75) is 19.8 Å².